The highest BCUT2D eigenvalue weighted by Gasteiger charge is 2.28. The Bertz CT molecular complexity index is 1080. The predicted molar refractivity (Wildman–Crippen MR) is 104 cm³/mol. The lowest BCUT2D eigenvalue weighted by Crippen LogP contribution is -2.03. The largest absolute Gasteiger partial charge is 0.359 e. The highest BCUT2D eigenvalue weighted by Crippen LogP contribution is 2.42. The number of fused-ring (bicyclic) bond motifs is 1. The fraction of sp³-hybridized carbons (Fsp3) is 0.0952. The Balaban J connectivity index is 1.95. The van der Waals surface area contributed by atoms with Gasteiger partial charge < -0.3 is 10.3 Å². The highest BCUT2D eigenvalue weighted by molar-refractivity contribution is 6.36. The van der Waals surface area contributed by atoms with Gasteiger partial charge >= 0.3 is 0 Å². The van der Waals surface area contributed by atoms with Crippen molar-refractivity contribution in [1.29, 1.82) is 0 Å². The van der Waals surface area contributed by atoms with Gasteiger partial charge in [0.05, 0.1) is 10.6 Å². The van der Waals surface area contributed by atoms with Crippen LogP contribution >= 0.6 is 11.6 Å². The lowest BCUT2D eigenvalue weighted by Gasteiger charge is -2.10. The maximum absolute atomic E-state index is 14.6. The molecule has 1 aliphatic heterocycles. The number of aromatic nitrogens is 1. The Morgan fingerprint density at radius 2 is 1.81 bits per heavy atom. The van der Waals surface area contributed by atoms with Crippen LogP contribution < -0.4 is 5.32 Å². The van der Waals surface area contributed by atoms with E-state index in [9.17, 15) is 9.18 Å². The van der Waals surface area contributed by atoms with Gasteiger partial charge in [-0.1, -0.05) is 35.9 Å². The van der Waals surface area contributed by atoms with Crippen LogP contribution in [0.3, 0.4) is 0 Å². The number of aryl methyl sites for hydroxylation is 2. The van der Waals surface area contributed by atoms with E-state index in [4.69, 9.17) is 11.6 Å². The zero-order valence-corrected chi connectivity index (χ0v) is 15.0. The molecule has 0 aliphatic carbocycles. The van der Waals surface area contributed by atoms with Crippen LogP contribution in [-0.2, 0) is 4.79 Å². The Labute approximate surface area is 155 Å². The van der Waals surface area contributed by atoms with Crippen LogP contribution in [0, 0.1) is 19.7 Å². The Kier molecular flexibility index (Phi) is 3.93. The van der Waals surface area contributed by atoms with Gasteiger partial charge in [-0.25, -0.2) is 4.39 Å². The maximum atomic E-state index is 14.6. The number of carbonyl (C=O) groups is 1. The lowest BCUT2D eigenvalue weighted by atomic mass is 9.94. The quantitative estimate of drug-likeness (QED) is 0.571. The Morgan fingerprint density at radius 3 is 2.54 bits per heavy atom. The molecule has 0 radical (unpaired) electrons. The minimum Gasteiger partial charge on any atom is -0.359 e. The van der Waals surface area contributed by atoms with E-state index in [1.807, 2.05) is 32.1 Å². The molecule has 2 aromatic carbocycles. The topological polar surface area (TPSA) is 44.9 Å². The molecule has 0 bridgehead atoms. The molecule has 1 aromatic heterocycles. The minimum atomic E-state index is -0.492. The molecule has 1 amide bonds. The lowest BCUT2D eigenvalue weighted by molar-refractivity contribution is -0.110. The van der Waals surface area contributed by atoms with Crippen molar-refractivity contribution in [2.45, 2.75) is 13.8 Å². The number of hydrogen-bond acceptors (Lipinski definition) is 1. The number of rotatable bonds is 2. The average Bonchev–Trinajstić information content (AvgIpc) is 3.09. The standard InChI is InChI=1S/C21H16ClFN2O/c1-11-9-12(2)24-18(11)10-15-19-13(5-4-8-17(19)25-21(15)26)14-6-3-7-16(22)20(14)23/h3-10,24H,1-2H3,(H,25,26)/b15-10-. The second kappa shape index (κ2) is 6.15. The van der Waals surface area contributed by atoms with Crippen LogP contribution in [0.2, 0.25) is 5.02 Å². The van der Waals surface area contributed by atoms with Crippen molar-refractivity contribution in [3.8, 4) is 11.1 Å². The molecule has 0 fully saturated rings. The molecule has 0 saturated heterocycles. The van der Waals surface area contributed by atoms with E-state index in [0.717, 1.165) is 17.0 Å². The fourth-order valence-corrected chi connectivity index (χ4v) is 3.54. The first kappa shape index (κ1) is 16.6. The van der Waals surface area contributed by atoms with Crippen molar-refractivity contribution in [2.24, 2.45) is 0 Å². The second-order valence-corrected chi connectivity index (χ2v) is 6.80. The zero-order chi connectivity index (χ0) is 18.4. The molecule has 0 atom stereocenters. The van der Waals surface area contributed by atoms with Gasteiger partial charge in [-0.15, -0.1) is 0 Å². The summed E-state index contributed by atoms with van der Waals surface area (Å²) in [5.41, 5.74) is 5.78. The van der Waals surface area contributed by atoms with Crippen molar-refractivity contribution in [3.63, 3.8) is 0 Å². The van der Waals surface area contributed by atoms with Crippen molar-refractivity contribution < 1.29 is 9.18 Å². The van der Waals surface area contributed by atoms with Gasteiger partial charge in [0.1, 0.15) is 5.82 Å². The molecular weight excluding hydrogens is 351 g/mol. The smallest absolute Gasteiger partial charge is 0.256 e. The minimum absolute atomic E-state index is 0.0544. The first-order chi connectivity index (χ1) is 12.5. The molecule has 3 nitrogen and oxygen atoms in total. The van der Waals surface area contributed by atoms with Crippen molar-refractivity contribution in [1.82, 2.24) is 4.98 Å². The molecule has 5 heteroatoms. The number of halogens is 2. The average molecular weight is 367 g/mol. The third kappa shape index (κ3) is 2.63. The van der Waals surface area contributed by atoms with Crippen LogP contribution in [0.1, 0.15) is 22.5 Å². The summed E-state index contributed by atoms with van der Waals surface area (Å²) < 4.78 is 14.6. The van der Waals surface area contributed by atoms with Gasteiger partial charge in [0.25, 0.3) is 5.91 Å². The molecule has 3 aromatic rings. The van der Waals surface area contributed by atoms with Crippen LogP contribution in [0.5, 0.6) is 0 Å². The molecule has 0 unspecified atom stereocenters. The van der Waals surface area contributed by atoms with Crippen LogP contribution in [-0.4, -0.2) is 10.9 Å². The molecule has 0 saturated carbocycles. The van der Waals surface area contributed by atoms with Crippen molar-refractivity contribution in [2.75, 3.05) is 5.32 Å². The van der Waals surface area contributed by atoms with E-state index in [1.54, 1.807) is 24.3 Å². The van der Waals surface area contributed by atoms with Crippen LogP contribution in [0.25, 0.3) is 22.8 Å². The molecular formula is C21H16ClFN2O. The normalized spacial score (nSPS) is 14.6. The number of H-pyrrole nitrogens is 1. The SMILES string of the molecule is Cc1cc(C)c(/C=C2\C(=O)Nc3cccc(-c4cccc(Cl)c4F)c32)[nH]1. The number of aromatic amines is 1. The van der Waals surface area contributed by atoms with Gasteiger partial charge in [-0.05, 0) is 49.2 Å². The van der Waals surface area contributed by atoms with Crippen LogP contribution in [0.4, 0.5) is 10.1 Å². The van der Waals surface area contributed by atoms with Gasteiger partial charge in [-0.2, -0.15) is 0 Å². The van der Waals surface area contributed by atoms with Crippen molar-refractivity contribution in [3.05, 3.63) is 75.8 Å². The molecule has 0 spiro atoms. The zero-order valence-electron chi connectivity index (χ0n) is 14.3. The molecule has 1 aliphatic rings. The van der Waals surface area contributed by atoms with E-state index < -0.39 is 5.82 Å². The molecule has 2 heterocycles. The summed E-state index contributed by atoms with van der Waals surface area (Å²) in [6.07, 6.45) is 1.81. The monoisotopic (exact) mass is 366 g/mol. The van der Waals surface area contributed by atoms with E-state index in [-0.39, 0.29) is 10.9 Å². The van der Waals surface area contributed by atoms with E-state index in [0.29, 0.717) is 28.0 Å². The summed E-state index contributed by atoms with van der Waals surface area (Å²) in [4.78, 5) is 15.8. The summed E-state index contributed by atoms with van der Waals surface area (Å²) in [5, 5.41) is 2.92. The van der Waals surface area contributed by atoms with Crippen molar-refractivity contribution >= 4 is 34.8 Å². The first-order valence-electron chi connectivity index (χ1n) is 8.22. The van der Waals surface area contributed by atoms with Gasteiger partial charge in [-0.3, -0.25) is 4.79 Å². The number of benzene rings is 2. The van der Waals surface area contributed by atoms with Crippen LogP contribution in [0.15, 0.2) is 42.5 Å². The number of hydrogen-bond donors (Lipinski definition) is 2. The number of anilines is 1. The summed E-state index contributed by atoms with van der Waals surface area (Å²) in [6.45, 7) is 3.94. The van der Waals surface area contributed by atoms with Gasteiger partial charge in [0.15, 0.2) is 0 Å². The number of amides is 1. The van der Waals surface area contributed by atoms with E-state index >= 15 is 0 Å². The summed E-state index contributed by atoms with van der Waals surface area (Å²) in [6, 6.07) is 12.3. The van der Waals surface area contributed by atoms with E-state index in [2.05, 4.69) is 10.3 Å². The molecule has 4 rings (SSSR count). The summed E-state index contributed by atoms with van der Waals surface area (Å²) in [5.74, 6) is -0.699. The molecule has 26 heavy (non-hydrogen) atoms. The Morgan fingerprint density at radius 1 is 1.08 bits per heavy atom. The third-order valence-corrected chi connectivity index (χ3v) is 4.84. The number of carbonyl (C=O) groups excluding carboxylic acids is 1. The summed E-state index contributed by atoms with van der Waals surface area (Å²) in [7, 11) is 0. The first-order valence-corrected chi connectivity index (χ1v) is 8.60. The predicted octanol–water partition coefficient (Wildman–Crippen LogP) is 5.58. The second-order valence-electron chi connectivity index (χ2n) is 6.39. The molecule has 2 N–H and O–H groups in total. The molecule has 130 valence electrons. The number of nitrogens with one attached hydrogen (secondary N) is 2. The maximum Gasteiger partial charge on any atom is 0.256 e. The third-order valence-electron chi connectivity index (χ3n) is 4.55. The highest BCUT2D eigenvalue weighted by atomic mass is 35.5. The summed E-state index contributed by atoms with van der Waals surface area (Å²) >= 11 is 5.96. The van der Waals surface area contributed by atoms with Gasteiger partial charge in [0, 0.05) is 28.2 Å². The Hall–Kier alpha value is -2.85. The van der Waals surface area contributed by atoms with Gasteiger partial charge in [0.2, 0.25) is 0 Å². The fourth-order valence-electron chi connectivity index (χ4n) is 3.37. The van der Waals surface area contributed by atoms with E-state index in [1.165, 1.54) is 6.07 Å².